The van der Waals surface area contributed by atoms with E-state index in [-0.39, 0.29) is 6.04 Å². The van der Waals surface area contributed by atoms with Crippen LogP contribution >= 0.6 is 0 Å². The average molecular weight is 252 g/mol. The van der Waals surface area contributed by atoms with Gasteiger partial charge in [-0.25, -0.2) is 0 Å². The third-order valence-corrected chi connectivity index (χ3v) is 5.20. The fourth-order valence-electron chi connectivity index (χ4n) is 4.05. The summed E-state index contributed by atoms with van der Waals surface area (Å²) in [5.41, 5.74) is 9.82. The minimum atomic E-state index is 0.217. The molecule has 98 valence electrons. The molecular formula is C17H20N2. The molecule has 2 aromatic rings. The average Bonchev–Trinajstić information content (AvgIpc) is 2.73. The van der Waals surface area contributed by atoms with Crippen molar-refractivity contribution in [1.29, 1.82) is 0 Å². The monoisotopic (exact) mass is 252 g/mol. The van der Waals surface area contributed by atoms with Crippen LogP contribution in [0.15, 0.2) is 36.4 Å². The zero-order chi connectivity index (χ0) is 12.9. The highest BCUT2D eigenvalue weighted by molar-refractivity contribution is 5.87. The number of hydrogen-bond acceptors (Lipinski definition) is 2. The van der Waals surface area contributed by atoms with Crippen molar-refractivity contribution in [3.8, 4) is 0 Å². The lowest BCUT2D eigenvalue weighted by atomic mass is 9.73. The Balaban J connectivity index is 1.88. The van der Waals surface area contributed by atoms with Crippen LogP contribution in [0.2, 0.25) is 0 Å². The number of nitrogens with two attached hydrogens (primary N) is 1. The van der Waals surface area contributed by atoms with Crippen molar-refractivity contribution in [3.05, 3.63) is 47.5 Å². The van der Waals surface area contributed by atoms with Gasteiger partial charge in [0.15, 0.2) is 0 Å². The molecule has 4 rings (SSSR count). The first kappa shape index (κ1) is 11.4. The number of piperidine rings is 1. The second-order valence-electron chi connectivity index (χ2n) is 6.12. The van der Waals surface area contributed by atoms with Crippen LogP contribution in [0.4, 0.5) is 0 Å². The van der Waals surface area contributed by atoms with E-state index in [1.54, 1.807) is 0 Å². The van der Waals surface area contributed by atoms with Crippen LogP contribution in [-0.4, -0.2) is 13.1 Å². The first-order valence-corrected chi connectivity index (χ1v) is 7.27. The minimum absolute atomic E-state index is 0.217. The number of hydrogen-bond donors (Lipinski definition) is 2. The van der Waals surface area contributed by atoms with Gasteiger partial charge in [0, 0.05) is 6.04 Å². The summed E-state index contributed by atoms with van der Waals surface area (Å²) in [6.07, 6.45) is 3.57. The van der Waals surface area contributed by atoms with E-state index in [4.69, 9.17) is 5.73 Å². The van der Waals surface area contributed by atoms with Gasteiger partial charge >= 0.3 is 0 Å². The molecule has 0 amide bonds. The molecule has 2 heteroatoms. The Morgan fingerprint density at radius 1 is 1.05 bits per heavy atom. The summed E-state index contributed by atoms with van der Waals surface area (Å²) in [5.74, 6) is 0. The molecule has 0 radical (unpaired) electrons. The predicted molar refractivity (Wildman–Crippen MR) is 79.1 cm³/mol. The van der Waals surface area contributed by atoms with Crippen molar-refractivity contribution < 1.29 is 0 Å². The van der Waals surface area contributed by atoms with Crippen LogP contribution in [0.1, 0.15) is 30.0 Å². The molecule has 2 aliphatic rings. The summed E-state index contributed by atoms with van der Waals surface area (Å²) in [4.78, 5) is 0. The van der Waals surface area contributed by atoms with E-state index >= 15 is 0 Å². The van der Waals surface area contributed by atoms with Gasteiger partial charge in [0.2, 0.25) is 0 Å². The third-order valence-electron chi connectivity index (χ3n) is 5.20. The first-order chi connectivity index (χ1) is 9.30. The zero-order valence-corrected chi connectivity index (χ0v) is 11.2. The Labute approximate surface area is 114 Å². The van der Waals surface area contributed by atoms with Crippen LogP contribution in [0.5, 0.6) is 0 Å². The molecular weight excluding hydrogens is 232 g/mol. The molecule has 0 bridgehead atoms. The van der Waals surface area contributed by atoms with E-state index in [2.05, 4.69) is 41.7 Å². The highest BCUT2D eigenvalue weighted by atomic mass is 14.9. The third kappa shape index (κ3) is 1.57. The quantitative estimate of drug-likeness (QED) is 0.756. The Bertz CT molecular complexity index is 626. The SMILES string of the molecule is NC1c2ccc3ccccc3c2CC12CCNCC2. The zero-order valence-electron chi connectivity index (χ0n) is 11.2. The van der Waals surface area contributed by atoms with Gasteiger partial charge in [-0.3, -0.25) is 0 Å². The van der Waals surface area contributed by atoms with Crippen LogP contribution in [0.3, 0.4) is 0 Å². The van der Waals surface area contributed by atoms with E-state index in [0.717, 1.165) is 19.5 Å². The molecule has 0 aromatic heterocycles. The van der Waals surface area contributed by atoms with Crippen LogP contribution in [-0.2, 0) is 6.42 Å². The first-order valence-electron chi connectivity index (χ1n) is 7.27. The molecule has 19 heavy (non-hydrogen) atoms. The predicted octanol–water partition coefficient (Wildman–Crippen LogP) is 2.77. The molecule has 1 saturated heterocycles. The molecule has 1 atom stereocenters. The van der Waals surface area contributed by atoms with E-state index < -0.39 is 0 Å². The van der Waals surface area contributed by atoms with Crippen molar-refractivity contribution in [2.45, 2.75) is 25.3 Å². The van der Waals surface area contributed by atoms with Gasteiger partial charge in [0.1, 0.15) is 0 Å². The van der Waals surface area contributed by atoms with Gasteiger partial charge < -0.3 is 11.1 Å². The molecule has 3 N–H and O–H groups in total. The number of fused-ring (bicyclic) bond motifs is 3. The standard InChI is InChI=1S/C17H20N2/c18-16-14-6-5-12-3-1-2-4-13(12)15(14)11-17(16)7-9-19-10-8-17/h1-6,16,19H,7-11,18H2. The molecule has 1 unspecified atom stereocenters. The maximum Gasteiger partial charge on any atom is 0.0359 e. The summed E-state index contributed by atoms with van der Waals surface area (Å²) in [7, 11) is 0. The largest absolute Gasteiger partial charge is 0.323 e. The van der Waals surface area contributed by atoms with Crippen LogP contribution in [0.25, 0.3) is 10.8 Å². The highest BCUT2D eigenvalue weighted by Crippen LogP contribution is 2.51. The van der Waals surface area contributed by atoms with Crippen LogP contribution < -0.4 is 11.1 Å². The Hall–Kier alpha value is -1.38. The van der Waals surface area contributed by atoms with Crippen molar-refractivity contribution in [2.75, 3.05) is 13.1 Å². The van der Waals surface area contributed by atoms with Crippen molar-refractivity contribution in [1.82, 2.24) is 5.32 Å². The molecule has 2 aromatic carbocycles. The molecule has 1 aliphatic carbocycles. The van der Waals surface area contributed by atoms with Crippen molar-refractivity contribution in [3.63, 3.8) is 0 Å². The number of benzene rings is 2. The summed E-state index contributed by atoms with van der Waals surface area (Å²) in [6, 6.07) is 13.4. The lowest BCUT2D eigenvalue weighted by Crippen LogP contribution is -2.42. The van der Waals surface area contributed by atoms with E-state index in [1.807, 2.05) is 0 Å². The Kier molecular flexibility index (Phi) is 2.44. The second-order valence-corrected chi connectivity index (χ2v) is 6.12. The molecule has 2 nitrogen and oxygen atoms in total. The Morgan fingerprint density at radius 2 is 1.84 bits per heavy atom. The van der Waals surface area contributed by atoms with Crippen molar-refractivity contribution in [2.24, 2.45) is 11.1 Å². The van der Waals surface area contributed by atoms with Gasteiger partial charge in [-0.15, -0.1) is 0 Å². The smallest absolute Gasteiger partial charge is 0.0359 e. The maximum atomic E-state index is 6.62. The van der Waals surface area contributed by atoms with E-state index in [0.29, 0.717) is 5.41 Å². The van der Waals surface area contributed by atoms with Gasteiger partial charge in [-0.2, -0.15) is 0 Å². The summed E-state index contributed by atoms with van der Waals surface area (Å²) < 4.78 is 0. The topological polar surface area (TPSA) is 38.0 Å². The lowest BCUT2D eigenvalue weighted by Gasteiger charge is -2.37. The fourth-order valence-corrected chi connectivity index (χ4v) is 4.05. The molecule has 1 aliphatic heterocycles. The molecule has 0 saturated carbocycles. The minimum Gasteiger partial charge on any atom is -0.323 e. The number of nitrogens with one attached hydrogen (secondary N) is 1. The highest BCUT2D eigenvalue weighted by Gasteiger charge is 2.44. The Morgan fingerprint density at radius 3 is 2.68 bits per heavy atom. The second kappa shape index (κ2) is 4.06. The maximum absolute atomic E-state index is 6.62. The molecule has 1 fully saturated rings. The summed E-state index contributed by atoms with van der Waals surface area (Å²) in [5, 5.41) is 6.22. The van der Waals surface area contributed by atoms with Crippen LogP contribution in [0, 0.1) is 5.41 Å². The van der Waals surface area contributed by atoms with Gasteiger partial charge in [0.25, 0.3) is 0 Å². The fraction of sp³-hybridized carbons (Fsp3) is 0.412. The van der Waals surface area contributed by atoms with Gasteiger partial charge in [-0.05, 0) is 59.7 Å². The van der Waals surface area contributed by atoms with E-state index in [1.165, 1.54) is 34.7 Å². The van der Waals surface area contributed by atoms with Crippen molar-refractivity contribution >= 4 is 10.8 Å². The summed E-state index contributed by atoms with van der Waals surface area (Å²) in [6.45, 7) is 2.22. The summed E-state index contributed by atoms with van der Waals surface area (Å²) >= 11 is 0. The van der Waals surface area contributed by atoms with Gasteiger partial charge in [-0.1, -0.05) is 36.4 Å². The normalized spacial score (nSPS) is 24.8. The molecule has 1 heterocycles. The van der Waals surface area contributed by atoms with Gasteiger partial charge in [0.05, 0.1) is 0 Å². The number of rotatable bonds is 0. The van der Waals surface area contributed by atoms with E-state index in [9.17, 15) is 0 Å². The molecule has 1 spiro atoms. The lowest BCUT2D eigenvalue weighted by molar-refractivity contribution is 0.174.